The standard InChI is InChI=1S/C12H22O4.Li/c1-2-3-4-5-6-7-8-9-10(11(13)14)12(15)16;/h10H,2-9H2,1H3,(H,13,14)(H,15,16);. The minimum Gasteiger partial charge on any atom is -0.481 e. The molecule has 0 aromatic rings. The number of carboxylic acid groups (broad SMARTS) is 2. The summed E-state index contributed by atoms with van der Waals surface area (Å²) in [6.07, 6.45) is 7.78. The molecule has 95 valence electrons. The van der Waals surface area contributed by atoms with E-state index >= 15 is 0 Å². The maximum Gasteiger partial charge on any atom is 0.317 e. The molecule has 0 saturated heterocycles. The van der Waals surface area contributed by atoms with Crippen molar-refractivity contribution >= 4 is 30.8 Å². The van der Waals surface area contributed by atoms with Crippen LogP contribution in [0.2, 0.25) is 0 Å². The molecule has 0 aliphatic carbocycles. The molecule has 0 bridgehead atoms. The third-order valence-electron chi connectivity index (χ3n) is 2.69. The summed E-state index contributed by atoms with van der Waals surface area (Å²) in [4.78, 5) is 21.1. The van der Waals surface area contributed by atoms with Crippen LogP contribution in [0.5, 0.6) is 0 Å². The molecule has 0 aliphatic rings. The van der Waals surface area contributed by atoms with Crippen LogP contribution in [0.4, 0.5) is 0 Å². The fraction of sp³-hybridized carbons (Fsp3) is 0.833. The van der Waals surface area contributed by atoms with Gasteiger partial charge >= 0.3 is 11.9 Å². The summed E-state index contributed by atoms with van der Waals surface area (Å²) < 4.78 is 0. The van der Waals surface area contributed by atoms with E-state index in [0.717, 1.165) is 12.8 Å². The van der Waals surface area contributed by atoms with Crippen LogP contribution >= 0.6 is 0 Å². The van der Waals surface area contributed by atoms with Crippen LogP contribution in [0.15, 0.2) is 0 Å². The van der Waals surface area contributed by atoms with Crippen molar-refractivity contribution in [2.24, 2.45) is 5.92 Å². The van der Waals surface area contributed by atoms with Gasteiger partial charge in [0.25, 0.3) is 0 Å². The van der Waals surface area contributed by atoms with Crippen LogP contribution in [0.3, 0.4) is 0 Å². The Morgan fingerprint density at radius 2 is 1.29 bits per heavy atom. The molecule has 0 aromatic carbocycles. The van der Waals surface area contributed by atoms with Crippen LogP contribution in [0.1, 0.15) is 58.3 Å². The SMILES string of the molecule is CCCCCCCCCC(C(=O)O)C(=O)O.[Li]. The van der Waals surface area contributed by atoms with E-state index in [4.69, 9.17) is 10.2 Å². The van der Waals surface area contributed by atoms with Crippen LogP contribution in [0, 0.1) is 5.92 Å². The molecule has 17 heavy (non-hydrogen) atoms. The Hall–Kier alpha value is -0.463. The average Bonchev–Trinajstić information content (AvgIpc) is 2.21. The number of carboxylic acids is 2. The van der Waals surface area contributed by atoms with Crippen LogP contribution in [-0.2, 0) is 9.59 Å². The number of carbonyl (C=O) groups is 2. The number of hydrogen-bond acceptors (Lipinski definition) is 2. The third-order valence-corrected chi connectivity index (χ3v) is 2.69. The van der Waals surface area contributed by atoms with E-state index in [1.165, 1.54) is 25.7 Å². The number of rotatable bonds is 10. The quantitative estimate of drug-likeness (QED) is 0.348. The molecule has 0 saturated carbocycles. The number of unbranched alkanes of at least 4 members (excludes halogenated alkanes) is 6. The zero-order chi connectivity index (χ0) is 12.4. The molecule has 2 N–H and O–H groups in total. The fourth-order valence-electron chi connectivity index (χ4n) is 1.66. The van der Waals surface area contributed by atoms with Crippen molar-refractivity contribution < 1.29 is 19.8 Å². The normalized spacial score (nSPS) is 10.0. The van der Waals surface area contributed by atoms with Gasteiger partial charge in [-0.3, -0.25) is 9.59 Å². The van der Waals surface area contributed by atoms with Gasteiger partial charge in [0.2, 0.25) is 0 Å². The summed E-state index contributed by atoms with van der Waals surface area (Å²) >= 11 is 0. The van der Waals surface area contributed by atoms with E-state index in [1.54, 1.807) is 0 Å². The van der Waals surface area contributed by atoms with Gasteiger partial charge in [0.1, 0.15) is 0 Å². The molecular formula is C12H22LiO4. The van der Waals surface area contributed by atoms with Crippen molar-refractivity contribution in [3.05, 3.63) is 0 Å². The maximum atomic E-state index is 10.6. The molecule has 0 heterocycles. The van der Waals surface area contributed by atoms with Crippen molar-refractivity contribution in [3.63, 3.8) is 0 Å². The molecule has 4 nitrogen and oxygen atoms in total. The van der Waals surface area contributed by atoms with Gasteiger partial charge in [-0.05, 0) is 6.42 Å². The summed E-state index contributed by atoms with van der Waals surface area (Å²) in [5.74, 6) is -3.67. The van der Waals surface area contributed by atoms with Gasteiger partial charge < -0.3 is 10.2 Å². The van der Waals surface area contributed by atoms with Crippen LogP contribution in [-0.4, -0.2) is 41.0 Å². The summed E-state index contributed by atoms with van der Waals surface area (Å²) in [5, 5.41) is 17.3. The molecule has 0 aromatic heterocycles. The van der Waals surface area contributed by atoms with E-state index in [0.29, 0.717) is 6.42 Å². The molecule has 5 heteroatoms. The van der Waals surface area contributed by atoms with Crippen molar-refractivity contribution in [2.75, 3.05) is 0 Å². The summed E-state index contributed by atoms with van der Waals surface area (Å²) in [5.41, 5.74) is 0. The van der Waals surface area contributed by atoms with Gasteiger partial charge in [-0.2, -0.15) is 0 Å². The zero-order valence-corrected chi connectivity index (χ0v) is 10.9. The van der Waals surface area contributed by atoms with Crippen molar-refractivity contribution in [1.29, 1.82) is 0 Å². The smallest absolute Gasteiger partial charge is 0.317 e. The minimum absolute atomic E-state index is 0. The van der Waals surface area contributed by atoms with E-state index < -0.39 is 17.9 Å². The monoisotopic (exact) mass is 237 g/mol. The Labute approximate surface area is 115 Å². The fourth-order valence-corrected chi connectivity index (χ4v) is 1.66. The van der Waals surface area contributed by atoms with E-state index in [-0.39, 0.29) is 25.3 Å². The van der Waals surface area contributed by atoms with Crippen molar-refractivity contribution in [3.8, 4) is 0 Å². The van der Waals surface area contributed by atoms with Gasteiger partial charge in [0.05, 0.1) is 0 Å². The first-order valence-electron chi connectivity index (χ1n) is 6.05. The summed E-state index contributed by atoms with van der Waals surface area (Å²) in [7, 11) is 0. The second-order valence-corrected chi connectivity index (χ2v) is 4.14. The topological polar surface area (TPSA) is 74.6 Å². The van der Waals surface area contributed by atoms with Gasteiger partial charge in [0.15, 0.2) is 5.92 Å². The summed E-state index contributed by atoms with van der Waals surface area (Å²) in [6, 6.07) is 0. The number of hydrogen-bond donors (Lipinski definition) is 2. The Balaban J connectivity index is 0. The van der Waals surface area contributed by atoms with Gasteiger partial charge in [-0.1, -0.05) is 51.9 Å². The first kappa shape index (κ1) is 18.9. The van der Waals surface area contributed by atoms with Crippen LogP contribution in [0.25, 0.3) is 0 Å². The van der Waals surface area contributed by atoms with Gasteiger partial charge in [-0.25, -0.2) is 0 Å². The molecule has 0 fully saturated rings. The molecule has 0 amide bonds. The Morgan fingerprint density at radius 1 is 0.882 bits per heavy atom. The third kappa shape index (κ3) is 10.4. The average molecular weight is 237 g/mol. The van der Waals surface area contributed by atoms with E-state index in [2.05, 4.69) is 6.92 Å². The van der Waals surface area contributed by atoms with E-state index in [1.807, 2.05) is 0 Å². The molecule has 0 rings (SSSR count). The van der Waals surface area contributed by atoms with Gasteiger partial charge in [-0.15, -0.1) is 0 Å². The maximum absolute atomic E-state index is 10.6. The molecule has 0 unspecified atom stereocenters. The van der Waals surface area contributed by atoms with Gasteiger partial charge in [0, 0.05) is 18.9 Å². The van der Waals surface area contributed by atoms with Crippen molar-refractivity contribution in [1.82, 2.24) is 0 Å². The van der Waals surface area contributed by atoms with E-state index in [9.17, 15) is 9.59 Å². The second kappa shape index (κ2) is 12.0. The predicted octanol–water partition coefficient (Wildman–Crippen LogP) is 2.53. The summed E-state index contributed by atoms with van der Waals surface area (Å²) in [6.45, 7) is 2.16. The molecular weight excluding hydrogens is 215 g/mol. The van der Waals surface area contributed by atoms with Crippen molar-refractivity contribution in [2.45, 2.75) is 58.3 Å². The minimum atomic E-state index is -1.23. The second-order valence-electron chi connectivity index (χ2n) is 4.14. The number of aliphatic carboxylic acids is 2. The Kier molecular flexibility index (Phi) is 13.3. The largest absolute Gasteiger partial charge is 0.481 e. The Bertz CT molecular complexity index is 205. The zero-order valence-electron chi connectivity index (χ0n) is 10.9. The predicted molar refractivity (Wildman–Crippen MR) is 67.1 cm³/mol. The first-order chi connectivity index (χ1) is 7.59. The first-order valence-corrected chi connectivity index (χ1v) is 6.05. The molecule has 0 spiro atoms. The molecule has 0 aliphatic heterocycles. The molecule has 1 radical (unpaired) electrons. The molecule has 0 atom stereocenters. The van der Waals surface area contributed by atoms with Crippen LogP contribution < -0.4 is 0 Å². The Morgan fingerprint density at radius 3 is 1.71 bits per heavy atom.